The maximum Gasteiger partial charge on any atom is 0.267 e. The molecule has 0 bridgehead atoms. The molecule has 3 rings (SSSR count). The van der Waals surface area contributed by atoms with Gasteiger partial charge in [0.15, 0.2) is 5.16 Å². The van der Waals surface area contributed by atoms with Gasteiger partial charge in [0.25, 0.3) is 11.5 Å². The van der Waals surface area contributed by atoms with Crippen LogP contribution < -0.4 is 10.9 Å². The van der Waals surface area contributed by atoms with Gasteiger partial charge in [-0.05, 0) is 0 Å². The van der Waals surface area contributed by atoms with Gasteiger partial charge in [-0.1, -0.05) is 11.8 Å². The molecule has 0 saturated carbocycles. The lowest BCUT2D eigenvalue weighted by Gasteiger charge is -2.05. The van der Waals surface area contributed by atoms with E-state index in [1.807, 2.05) is 0 Å². The van der Waals surface area contributed by atoms with Crippen molar-refractivity contribution < 1.29 is 4.79 Å². The number of aromatic nitrogens is 4. The van der Waals surface area contributed by atoms with Gasteiger partial charge in [0, 0.05) is 30.9 Å². The van der Waals surface area contributed by atoms with Crippen LogP contribution in [-0.2, 0) is 13.1 Å². The Labute approximate surface area is 112 Å². The van der Waals surface area contributed by atoms with Crippen molar-refractivity contribution in [2.45, 2.75) is 18.2 Å². The van der Waals surface area contributed by atoms with Crippen molar-refractivity contribution in [1.82, 2.24) is 24.8 Å². The first-order valence-corrected chi connectivity index (χ1v) is 6.73. The second-order valence-electron chi connectivity index (χ2n) is 3.98. The molecule has 3 heterocycles. The lowest BCUT2D eigenvalue weighted by Crippen LogP contribution is -2.33. The Morgan fingerprint density at radius 3 is 3.21 bits per heavy atom. The van der Waals surface area contributed by atoms with Crippen LogP contribution in [-0.4, -0.2) is 31.2 Å². The van der Waals surface area contributed by atoms with Crippen molar-refractivity contribution in [1.29, 1.82) is 0 Å². The lowest BCUT2D eigenvalue weighted by atomic mass is 10.3. The zero-order chi connectivity index (χ0) is 13.2. The summed E-state index contributed by atoms with van der Waals surface area (Å²) in [4.78, 5) is 35.0. The molecule has 0 aliphatic carbocycles. The number of hydrogen-bond donors (Lipinski definition) is 2. The van der Waals surface area contributed by atoms with Crippen LogP contribution in [0.15, 0.2) is 28.5 Å². The molecule has 1 amide bonds. The molecule has 19 heavy (non-hydrogen) atoms. The van der Waals surface area contributed by atoms with E-state index in [9.17, 15) is 9.59 Å². The van der Waals surface area contributed by atoms with Crippen molar-refractivity contribution in [2.24, 2.45) is 0 Å². The number of carbonyl (C=O) groups is 1. The molecule has 2 aromatic rings. The quantitative estimate of drug-likeness (QED) is 0.770. The molecule has 0 spiro atoms. The number of rotatable bonds is 3. The predicted octanol–water partition coefficient (Wildman–Crippen LogP) is 0.00210. The predicted molar refractivity (Wildman–Crippen MR) is 69.0 cm³/mol. The number of nitrogens with zero attached hydrogens (tertiary/aromatic N) is 3. The Kier molecular flexibility index (Phi) is 3.08. The standard InChI is InChI=1S/C11H11N5O2S/c17-9(14-6-8-12-1-2-13-8)7-5-15-11-16(10(7)18)3-4-19-11/h1-2,5H,3-4,6H2,(H,12,13)(H,14,17). The van der Waals surface area contributed by atoms with Crippen LogP contribution in [0.3, 0.4) is 0 Å². The van der Waals surface area contributed by atoms with Crippen LogP contribution in [0.2, 0.25) is 0 Å². The summed E-state index contributed by atoms with van der Waals surface area (Å²) in [5.74, 6) is 1.03. The lowest BCUT2D eigenvalue weighted by molar-refractivity contribution is 0.0947. The van der Waals surface area contributed by atoms with E-state index in [1.165, 1.54) is 22.5 Å². The van der Waals surface area contributed by atoms with E-state index in [1.54, 1.807) is 12.4 Å². The van der Waals surface area contributed by atoms with Gasteiger partial charge in [0.2, 0.25) is 0 Å². The number of thioether (sulfide) groups is 1. The average molecular weight is 277 g/mol. The van der Waals surface area contributed by atoms with Crippen LogP contribution in [0, 0.1) is 0 Å². The molecule has 0 radical (unpaired) electrons. The van der Waals surface area contributed by atoms with Crippen LogP contribution in [0.25, 0.3) is 0 Å². The zero-order valence-corrected chi connectivity index (χ0v) is 10.7. The van der Waals surface area contributed by atoms with Gasteiger partial charge in [0.1, 0.15) is 11.4 Å². The number of nitrogens with one attached hydrogen (secondary N) is 2. The minimum absolute atomic E-state index is 0.0674. The smallest absolute Gasteiger partial charge is 0.267 e. The van der Waals surface area contributed by atoms with Crippen molar-refractivity contribution in [3.05, 3.63) is 40.3 Å². The normalized spacial score (nSPS) is 13.3. The molecule has 0 aromatic carbocycles. The summed E-state index contributed by atoms with van der Waals surface area (Å²) in [6.07, 6.45) is 4.61. The Balaban J connectivity index is 1.79. The summed E-state index contributed by atoms with van der Waals surface area (Å²) in [6, 6.07) is 0. The molecule has 2 aromatic heterocycles. The minimum atomic E-state index is -0.430. The Bertz CT molecular complexity index is 664. The van der Waals surface area contributed by atoms with E-state index in [4.69, 9.17) is 0 Å². The SMILES string of the molecule is O=C(NCc1ncc[nH]1)c1cnc2n(c1=O)CCS2. The Morgan fingerprint density at radius 1 is 1.53 bits per heavy atom. The van der Waals surface area contributed by atoms with Crippen LogP contribution >= 0.6 is 11.8 Å². The average Bonchev–Trinajstić information content (AvgIpc) is 3.07. The van der Waals surface area contributed by atoms with Gasteiger partial charge < -0.3 is 10.3 Å². The number of carbonyl (C=O) groups excluding carboxylic acids is 1. The number of amides is 1. The third kappa shape index (κ3) is 2.26. The molecule has 2 N–H and O–H groups in total. The van der Waals surface area contributed by atoms with Gasteiger partial charge in [-0.15, -0.1) is 0 Å². The molecule has 0 unspecified atom stereocenters. The first-order valence-electron chi connectivity index (χ1n) is 5.75. The van der Waals surface area contributed by atoms with Crippen LogP contribution in [0.1, 0.15) is 16.2 Å². The van der Waals surface area contributed by atoms with Gasteiger partial charge in [-0.25, -0.2) is 9.97 Å². The highest BCUT2D eigenvalue weighted by Crippen LogP contribution is 2.20. The molecule has 1 aliphatic heterocycles. The highest BCUT2D eigenvalue weighted by atomic mass is 32.2. The molecule has 8 heteroatoms. The largest absolute Gasteiger partial charge is 0.347 e. The number of fused-ring (bicyclic) bond motifs is 1. The van der Waals surface area contributed by atoms with Gasteiger partial charge >= 0.3 is 0 Å². The minimum Gasteiger partial charge on any atom is -0.347 e. The second kappa shape index (κ2) is 4.88. The summed E-state index contributed by atoms with van der Waals surface area (Å²) >= 11 is 1.52. The molecular formula is C11H11N5O2S. The molecule has 0 saturated heterocycles. The van der Waals surface area contributed by atoms with E-state index < -0.39 is 5.91 Å². The zero-order valence-electron chi connectivity index (χ0n) is 9.92. The second-order valence-corrected chi connectivity index (χ2v) is 5.04. The Morgan fingerprint density at radius 2 is 2.42 bits per heavy atom. The fourth-order valence-electron chi connectivity index (χ4n) is 1.83. The van der Waals surface area contributed by atoms with Crippen LogP contribution in [0.4, 0.5) is 0 Å². The van der Waals surface area contributed by atoms with Crippen molar-refractivity contribution >= 4 is 17.7 Å². The molecule has 1 aliphatic rings. The summed E-state index contributed by atoms with van der Waals surface area (Å²) in [5, 5.41) is 3.31. The van der Waals surface area contributed by atoms with E-state index in [-0.39, 0.29) is 17.7 Å². The molecule has 7 nitrogen and oxygen atoms in total. The van der Waals surface area contributed by atoms with E-state index >= 15 is 0 Å². The summed E-state index contributed by atoms with van der Waals surface area (Å²) in [7, 11) is 0. The maximum absolute atomic E-state index is 12.1. The van der Waals surface area contributed by atoms with Crippen LogP contribution in [0.5, 0.6) is 0 Å². The number of H-pyrrole nitrogens is 1. The Hall–Kier alpha value is -2.09. The molecular weight excluding hydrogens is 266 g/mol. The summed E-state index contributed by atoms with van der Waals surface area (Å²) in [6.45, 7) is 0.854. The van der Waals surface area contributed by atoms with Gasteiger partial charge in [-0.3, -0.25) is 14.2 Å². The maximum atomic E-state index is 12.1. The van der Waals surface area contributed by atoms with Gasteiger partial charge in [0.05, 0.1) is 6.54 Å². The first-order chi connectivity index (χ1) is 9.25. The van der Waals surface area contributed by atoms with E-state index in [0.29, 0.717) is 17.5 Å². The molecule has 0 fully saturated rings. The molecule has 0 atom stereocenters. The highest BCUT2D eigenvalue weighted by molar-refractivity contribution is 7.99. The third-order valence-corrected chi connectivity index (χ3v) is 3.74. The number of aromatic amines is 1. The van der Waals surface area contributed by atoms with Crippen molar-refractivity contribution in [2.75, 3.05) is 5.75 Å². The fourth-order valence-corrected chi connectivity index (χ4v) is 2.74. The van der Waals surface area contributed by atoms with Crippen molar-refractivity contribution in [3.8, 4) is 0 Å². The number of imidazole rings is 1. The van der Waals surface area contributed by atoms with Crippen molar-refractivity contribution in [3.63, 3.8) is 0 Å². The monoisotopic (exact) mass is 277 g/mol. The summed E-state index contributed by atoms with van der Waals surface area (Å²) in [5.41, 5.74) is -0.218. The van der Waals surface area contributed by atoms with Gasteiger partial charge in [-0.2, -0.15) is 0 Å². The fraction of sp³-hybridized carbons (Fsp3) is 0.273. The summed E-state index contributed by atoms with van der Waals surface area (Å²) < 4.78 is 1.53. The number of hydrogen-bond acceptors (Lipinski definition) is 5. The van der Waals surface area contributed by atoms with E-state index in [2.05, 4.69) is 20.3 Å². The first kappa shape index (κ1) is 12.0. The topological polar surface area (TPSA) is 92.7 Å². The molecule has 98 valence electrons. The highest BCUT2D eigenvalue weighted by Gasteiger charge is 2.19. The third-order valence-electron chi connectivity index (χ3n) is 2.77. The van der Waals surface area contributed by atoms with E-state index in [0.717, 1.165) is 5.75 Å².